The summed E-state index contributed by atoms with van der Waals surface area (Å²) in [5.74, 6) is -2.80. The number of hydrogen-bond donors (Lipinski definition) is 2. The number of halogens is 3. The van der Waals surface area contributed by atoms with Crippen LogP contribution in [-0.4, -0.2) is 23.0 Å². The first kappa shape index (κ1) is 16.0. The van der Waals surface area contributed by atoms with E-state index in [0.717, 1.165) is 18.2 Å². The summed E-state index contributed by atoms with van der Waals surface area (Å²) >= 11 is 0. The lowest BCUT2D eigenvalue weighted by molar-refractivity contribution is -0.140. The molecule has 20 heavy (non-hydrogen) atoms. The molecule has 0 spiro atoms. The number of benzene rings is 1. The molecule has 0 aliphatic carbocycles. The van der Waals surface area contributed by atoms with Gasteiger partial charge in [0.25, 0.3) is 5.91 Å². The summed E-state index contributed by atoms with van der Waals surface area (Å²) in [6.07, 6.45) is -4.68. The fourth-order valence-corrected chi connectivity index (χ4v) is 1.66. The van der Waals surface area contributed by atoms with Gasteiger partial charge >= 0.3 is 12.1 Å². The highest BCUT2D eigenvalue weighted by Gasteiger charge is 2.35. The SMILES string of the molecule is CC(C)C(NC(=O)c1ccccc1C(F)(F)F)C(=O)O. The Balaban J connectivity index is 3.07. The molecule has 1 aromatic carbocycles. The molecular formula is C13H14F3NO3. The number of carbonyl (C=O) groups is 2. The smallest absolute Gasteiger partial charge is 0.417 e. The van der Waals surface area contributed by atoms with Crippen molar-refractivity contribution in [2.45, 2.75) is 26.1 Å². The molecule has 7 heteroatoms. The summed E-state index contributed by atoms with van der Waals surface area (Å²) in [6, 6.07) is 2.99. The van der Waals surface area contributed by atoms with Crippen LogP contribution in [0.3, 0.4) is 0 Å². The number of carboxylic acids is 1. The van der Waals surface area contributed by atoms with E-state index >= 15 is 0 Å². The van der Waals surface area contributed by atoms with Crippen LogP contribution in [0.4, 0.5) is 13.2 Å². The maximum absolute atomic E-state index is 12.8. The Morgan fingerprint density at radius 1 is 1.20 bits per heavy atom. The van der Waals surface area contributed by atoms with E-state index in [0.29, 0.717) is 0 Å². The van der Waals surface area contributed by atoms with Crippen molar-refractivity contribution in [1.82, 2.24) is 5.32 Å². The van der Waals surface area contributed by atoms with E-state index in [1.54, 1.807) is 13.8 Å². The van der Waals surface area contributed by atoms with Crippen molar-refractivity contribution < 1.29 is 27.9 Å². The van der Waals surface area contributed by atoms with Gasteiger partial charge in [-0.3, -0.25) is 4.79 Å². The van der Waals surface area contributed by atoms with Crippen LogP contribution in [0.1, 0.15) is 29.8 Å². The molecule has 0 bridgehead atoms. The number of carbonyl (C=O) groups excluding carboxylic acids is 1. The van der Waals surface area contributed by atoms with Crippen LogP contribution in [0.5, 0.6) is 0 Å². The number of aliphatic carboxylic acids is 1. The second-order valence-corrected chi connectivity index (χ2v) is 4.58. The molecule has 1 rings (SSSR count). The Morgan fingerprint density at radius 3 is 2.20 bits per heavy atom. The number of nitrogens with one attached hydrogen (secondary N) is 1. The zero-order valence-corrected chi connectivity index (χ0v) is 10.9. The Morgan fingerprint density at radius 2 is 1.75 bits per heavy atom. The third-order valence-electron chi connectivity index (χ3n) is 2.70. The van der Waals surface area contributed by atoms with Crippen molar-refractivity contribution in [2.24, 2.45) is 5.92 Å². The lowest BCUT2D eigenvalue weighted by Gasteiger charge is -2.19. The first-order valence-corrected chi connectivity index (χ1v) is 5.84. The summed E-state index contributed by atoms with van der Waals surface area (Å²) < 4.78 is 38.3. The Kier molecular flexibility index (Phi) is 4.75. The average molecular weight is 289 g/mol. The van der Waals surface area contributed by atoms with E-state index in [4.69, 9.17) is 5.11 Å². The van der Waals surface area contributed by atoms with E-state index < -0.39 is 41.1 Å². The molecule has 0 aliphatic rings. The first-order chi connectivity index (χ1) is 9.14. The standard InChI is InChI=1S/C13H14F3NO3/c1-7(2)10(12(19)20)17-11(18)8-5-3-4-6-9(8)13(14,15)16/h3-7,10H,1-2H3,(H,17,18)(H,19,20). The van der Waals surface area contributed by atoms with Gasteiger partial charge in [-0.05, 0) is 18.1 Å². The normalized spacial score (nSPS) is 13.1. The second-order valence-electron chi connectivity index (χ2n) is 4.58. The van der Waals surface area contributed by atoms with Gasteiger partial charge in [0.1, 0.15) is 6.04 Å². The fourth-order valence-electron chi connectivity index (χ4n) is 1.66. The van der Waals surface area contributed by atoms with Gasteiger partial charge in [-0.15, -0.1) is 0 Å². The molecule has 1 aromatic rings. The van der Waals surface area contributed by atoms with Crippen LogP contribution >= 0.6 is 0 Å². The summed E-state index contributed by atoms with van der Waals surface area (Å²) in [7, 11) is 0. The minimum atomic E-state index is -4.68. The molecule has 1 amide bonds. The van der Waals surface area contributed by atoms with E-state index in [1.807, 2.05) is 0 Å². The van der Waals surface area contributed by atoms with E-state index in [2.05, 4.69) is 5.32 Å². The Bertz CT molecular complexity index is 512. The number of carboxylic acid groups (broad SMARTS) is 1. The highest BCUT2D eigenvalue weighted by atomic mass is 19.4. The minimum absolute atomic E-state index is 0.450. The van der Waals surface area contributed by atoms with Gasteiger partial charge in [0, 0.05) is 0 Å². The molecule has 4 nitrogen and oxygen atoms in total. The molecule has 1 atom stereocenters. The van der Waals surface area contributed by atoms with E-state index in [-0.39, 0.29) is 0 Å². The Labute approximate surface area is 113 Å². The maximum Gasteiger partial charge on any atom is 0.417 e. The maximum atomic E-state index is 12.8. The summed E-state index contributed by atoms with van der Waals surface area (Å²) in [6.45, 7) is 3.10. The van der Waals surface area contributed by atoms with Gasteiger partial charge in [0.05, 0.1) is 11.1 Å². The number of alkyl halides is 3. The molecule has 2 N–H and O–H groups in total. The monoisotopic (exact) mass is 289 g/mol. The third kappa shape index (κ3) is 3.72. The van der Waals surface area contributed by atoms with Gasteiger partial charge in [0.2, 0.25) is 0 Å². The van der Waals surface area contributed by atoms with Crippen LogP contribution in [-0.2, 0) is 11.0 Å². The molecule has 0 fully saturated rings. The molecule has 1 unspecified atom stereocenters. The lowest BCUT2D eigenvalue weighted by Crippen LogP contribution is -2.44. The summed E-state index contributed by atoms with van der Waals surface area (Å²) in [5.41, 5.74) is -1.68. The zero-order valence-electron chi connectivity index (χ0n) is 10.9. The zero-order chi connectivity index (χ0) is 15.5. The quantitative estimate of drug-likeness (QED) is 0.895. The van der Waals surface area contributed by atoms with Crippen LogP contribution in [0.25, 0.3) is 0 Å². The van der Waals surface area contributed by atoms with Crippen LogP contribution in [0.15, 0.2) is 24.3 Å². The van der Waals surface area contributed by atoms with Gasteiger partial charge in [-0.2, -0.15) is 13.2 Å². The minimum Gasteiger partial charge on any atom is -0.480 e. The predicted octanol–water partition coefficient (Wildman–Crippen LogP) is 2.54. The average Bonchev–Trinajstić information content (AvgIpc) is 2.33. The highest BCUT2D eigenvalue weighted by molar-refractivity contribution is 5.98. The summed E-state index contributed by atoms with van der Waals surface area (Å²) in [5, 5.41) is 11.0. The molecular weight excluding hydrogens is 275 g/mol. The molecule has 0 aromatic heterocycles. The van der Waals surface area contributed by atoms with Crippen molar-refractivity contribution in [2.75, 3.05) is 0 Å². The molecule has 0 heterocycles. The van der Waals surface area contributed by atoms with Crippen molar-refractivity contribution in [3.63, 3.8) is 0 Å². The molecule has 110 valence electrons. The third-order valence-corrected chi connectivity index (χ3v) is 2.70. The van der Waals surface area contributed by atoms with Crippen molar-refractivity contribution in [3.8, 4) is 0 Å². The highest BCUT2D eigenvalue weighted by Crippen LogP contribution is 2.31. The molecule has 0 saturated carbocycles. The lowest BCUT2D eigenvalue weighted by atomic mass is 10.0. The number of rotatable bonds is 4. The van der Waals surface area contributed by atoms with Crippen molar-refractivity contribution >= 4 is 11.9 Å². The van der Waals surface area contributed by atoms with Crippen LogP contribution in [0.2, 0.25) is 0 Å². The summed E-state index contributed by atoms with van der Waals surface area (Å²) in [4.78, 5) is 22.8. The van der Waals surface area contributed by atoms with Gasteiger partial charge in [-0.25, -0.2) is 4.79 Å². The van der Waals surface area contributed by atoms with E-state index in [9.17, 15) is 22.8 Å². The van der Waals surface area contributed by atoms with E-state index in [1.165, 1.54) is 6.07 Å². The fraction of sp³-hybridized carbons (Fsp3) is 0.385. The van der Waals surface area contributed by atoms with Crippen molar-refractivity contribution in [1.29, 1.82) is 0 Å². The van der Waals surface area contributed by atoms with Crippen LogP contribution in [0, 0.1) is 5.92 Å². The predicted molar refractivity (Wildman–Crippen MR) is 65.2 cm³/mol. The number of amides is 1. The van der Waals surface area contributed by atoms with Gasteiger partial charge < -0.3 is 10.4 Å². The largest absolute Gasteiger partial charge is 0.480 e. The molecule has 0 radical (unpaired) electrons. The second kappa shape index (κ2) is 5.94. The van der Waals surface area contributed by atoms with Gasteiger partial charge in [-0.1, -0.05) is 26.0 Å². The Hall–Kier alpha value is -2.05. The topological polar surface area (TPSA) is 66.4 Å². The molecule has 0 saturated heterocycles. The van der Waals surface area contributed by atoms with Gasteiger partial charge in [0.15, 0.2) is 0 Å². The van der Waals surface area contributed by atoms with Crippen LogP contribution < -0.4 is 5.32 Å². The van der Waals surface area contributed by atoms with Crippen molar-refractivity contribution in [3.05, 3.63) is 35.4 Å². The number of hydrogen-bond acceptors (Lipinski definition) is 2. The molecule has 0 aliphatic heterocycles. The first-order valence-electron chi connectivity index (χ1n) is 5.84.